The van der Waals surface area contributed by atoms with Crippen LogP contribution in [0.4, 0.5) is 0 Å². The highest BCUT2D eigenvalue weighted by molar-refractivity contribution is 5.95. The largest absolute Gasteiger partial charge is 0.460 e. The summed E-state index contributed by atoms with van der Waals surface area (Å²) in [6, 6.07) is -3.95. The average Bonchev–Trinajstić information content (AvgIpc) is 2.82. The smallest absolute Gasteiger partial charge is 0.329 e. The highest BCUT2D eigenvalue weighted by Crippen LogP contribution is 2.13. The van der Waals surface area contributed by atoms with Crippen molar-refractivity contribution in [3.05, 3.63) is 0 Å². The predicted molar refractivity (Wildman–Crippen MR) is 145 cm³/mol. The van der Waals surface area contributed by atoms with Crippen LogP contribution >= 0.6 is 0 Å². The lowest BCUT2D eigenvalue weighted by Gasteiger charge is -2.27. The standard InChI is InChI=1S/C27H47N5O7/c1-9-10-18-12-20(33)28-13-21(34)31-22(15(4)5)26(37)30-19(11-14(2)3)25(36)29-17(8)24(35)32-23(16(6)7)27(38)39-18/h14-19,22-23H,9-13H2,1-8H3,(H,28,33)(H,29,36)(H,30,37)(H,31,34)(H,32,35). The topological polar surface area (TPSA) is 172 Å². The molecule has 0 aromatic rings. The molecule has 0 aliphatic carbocycles. The Balaban J connectivity index is 3.34. The van der Waals surface area contributed by atoms with Crippen molar-refractivity contribution in [2.75, 3.05) is 6.54 Å². The lowest BCUT2D eigenvalue weighted by Crippen LogP contribution is -2.58. The molecule has 39 heavy (non-hydrogen) atoms. The van der Waals surface area contributed by atoms with Crippen molar-refractivity contribution >= 4 is 35.5 Å². The van der Waals surface area contributed by atoms with Gasteiger partial charge in [0.15, 0.2) is 0 Å². The maximum absolute atomic E-state index is 13.1. The van der Waals surface area contributed by atoms with Gasteiger partial charge in [0.2, 0.25) is 29.5 Å². The summed E-state index contributed by atoms with van der Waals surface area (Å²) < 4.78 is 5.60. The van der Waals surface area contributed by atoms with E-state index in [9.17, 15) is 28.8 Å². The van der Waals surface area contributed by atoms with Gasteiger partial charge in [0.25, 0.3) is 0 Å². The Morgan fingerprint density at radius 2 is 1.38 bits per heavy atom. The molecule has 5 unspecified atom stereocenters. The first-order valence-electron chi connectivity index (χ1n) is 13.8. The molecule has 0 aromatic carbocycles. The second kappa shape index (κ2) is 16.0. The Morgan fingerprint density at radius 1 is 0.769 bits per heavy atom. The molecular weight excluding hydrogens is 506 g/mol. The molecule has 0 saturated carbocycles. The minimum atomic E-state index is -1.02. The van der Waals surface area contributed by atoms with Crippen molar-refractivity contribution in [2.45, 2.75) is 111 Å². The first kappa shape index (κ1) is 33.8. The maximum Gasteiger partial charge on any atom is 0.329 e. The quantitative estimate of drug-likeness (QED) is 0.299. The third-order valence-corrected chi connectivity index (χ3v) is 6.33. The average molecular weight is 554 g/mol. The number of rotatable bonds is 6. The van der Waals surface area contributed by atoms with Crippen LogP contribution in [0.3, 0.4) is 0 Å². The van der Waals surface area contributed by atoms with Crippen molar-refractivity contribution in [3.63, 3.8) is 0 Å². The van der Waals surface area contributed by atoms with Crippen LogP contribution in [-0.4, -0.2) is 72.3 Å². The summed E-state index contributed by atoms with van der Waals surface area (Å²) in [5.74, 6) is -4.09. The van der Waals surface area contributed by atoms with E-state index in [0.717, 1.165) is 0 Å². The van der Waals surface area contributed by atoms with Gasteiger partial charge in [0.05, 0.1) is 13.0 Å². The summed E-state index contributed by atoms with van der Waals surface area (Å²) in [7, 11) is 0. The van der Waals surface area contributed by atoms with Crippen LogP contribution in [0.5, 0.6) is 0 Å². The molecule has 0 radical (unpaired) electrons. The molecule has 5 N–H and O–H groups in total. The van der Waals surface area contributed by atoms with Crippen molar-refractivity contribution in [1.82, 2.24) is 26.6 Å². The molecule has 5 amide bonds. The Labute approximate surface area is 231 Å². The molecule has 0 spiro atoms. The van der Waals surface area contributed by atoms with E-state index >= 15 is 0 Å². The van der Waals surface area contributed by atoms with Crippen LogP contribution in [0.25, 0.3) is 0 Å². The molecule has 1 saturated heterocycles. The fourth-order valence-corrected chi connectivity index (χ4v) is 4.10. The molecule has 1 aliphatic rings. The molecule has 12 heteroatoms. The molecule has 1 rings (SSSR count). The fourth-order valence-electron chi connectivity index (χ4n) is 4.10. The summed E-state index contributed by atoms with van der Waals surface area (Å²) in [4.78, 5) is 77.4. The zero-order valence-electron chi connectivity index (χ0n) is 24.5. The molecule has 1 heterocycles. The highest BCUT2D eigenvalue weighted by Gasteiger charge is 2.33. The first-order chi connectivity index (χ1) is 18.2. The van der Waals surface area contributed by atoms with Gasteiger partial charge in [-0.3, -0.25) is 24.0 Å². The molecule has 5 atom stereocenters. The number of ether oxygens (including phenoxy) is 1. The van der Waals surface area contributed by atoms with Crippen LogP contribution in [0.15, 0.2) is 0 Å². The van der Waals surface area contributed by atoms with Gasteiger partial charge in [-0.25, -0.2) is 4.79 Å². The van der Waals surface area contributed by atoms with Gasteiger partial charge in [-0.2, -0.15) is 0 Å². The Morgan fingerprint density at radius 3 is 1.92 bits per heavy atom. The van der Waals surface area contributed by atoms with E-state index in [4.69, 9.17) is 4.74 Å². The highest BCUT2D eigenvalue weighted by atomic mass is 16.5. The molecule has 222 valence electrons. The summed E-state index contributed by atoms with van der Waals surface area (Å²) >= 11 is 0. The minimum absolute atomic E-state index is 0.0326. The van der Waals surface area contributed by atoms with Crippen LogP contribution in [0.2, 0.25) is 0 Å². The van der Waals surface area contributed by atoms with Gasteiger partial charge in [0, 0.05) is 0 Å². The maximum atomic E-state index is 13.1. The fraction of sp³-hybridized carbons (Fsp3) is 0.778. The van der Waals surface area contributed by atoms with Crippen LogP contribution < -0.4 is 26.6 Å². The van der Waals surface area contributed by atoms with E-state index in [2.05, 4.69) is 26.6 Å². The van der Waals surface area contributed by atoms with Crippen molar-refractivity contribution < 1.29 is 33.5 Å². The number of carbonyl (C=O) groups is 6. The molecular formula is C27H47N5O7. The van der Waals surface area contributed by atoms with Gasteiger partial charge in [-0.05, 0) is 37.5 Å². The van der Waals surface area contributed by atoms with E-state index in [1.807, 2.05) is 20.8 Å². The number of hydrogen-bond acceptors (Lipinski definition) is 7. The summed E-state index contributed by atoms with van der Waals surface area (Å²) in [5.41, 5.74) is 0. The van der Waals surface area contributed by atoms with Crippen LogP contribution in [0.1, 0.15) is 81.1 Å². The number of cyclic esters (lactones) is 1. The number of amides is 5. The Kier molecular flexibility index (Phi) is 13.9. The van der Waals surface area contributed by atoms with Gasteiger partial charge in [-0.1, -0.05) is 54.9 Å². The summed E-state index contributed by atoms with van der Waals surface area (Å²) in [5, 5.41) is 13.1. The Hall–Kier alpha value is -3.18. The van der Waals surface area contributed by atoms with E-state index in [1.54, 1.807) is 27.7 Å². The third-order valence-electron chi connectivity index (χ3n) is 6.33. The van der Waals surface area contributed by atoms with Crippen LogP contribution in [-0.2, 0) is 33.5 Å². The number of hydrogen-bond donors (Lipinski definition) is 5. The van der Waals surface area contributed by atoms with E-state index in [1.165, 1.54) is 6.92 Å². The normalized spacial score (nSPS) is 27.0. The van der Waals surface area contributed by atoms with Crippen LogP contribution in [0, 0.1) is 17.8 Å². The molecule has 12 nitrogen and oxygen atoms in total. The van der Waals surface area contributed by atoms with E-state index in [0.29, 0.717) is 19.3 Å². The lowest BCUT2D eigenvalue weighted by molar-refractivity contribution is -0.156. The van der Waals surface area contributed by atoms with E-state index in [-0.39, 0.29) is 30.7 Å². The van der Waals surface area contributed by atoms with Crippen molar-refractivity contribution in [3.8, 4) is 0 Å². The van der Waals surface area contributed by atoms with Crippen molar-refractivity contribution in [1.29, 1.82) is 0 Å². The van der Waals surface area contributed by atoms with Crippen molar-refractivity contribution in [2.24, 2.45) is 17.8 Å². The zero-order valence-corrected chi connectivity index (χ0v) is 24.5. The molecule has 1 aliphatic heterocycles. The SMILES string of the molecule is CCCC1CC(=O)NCC(=O)NC(C(C)C)C(=O)NC(CC(C)C)C(=O)NC(C)C(=O)NC(C(C)C)C(=O)O1. The minimum Gasteiger partial charge on any atom is -0.460 e. The number of esters is 1. The van der Waals surface area contributed by atoms with Gasteiger partial charge in [-0.15, -0.1) is 0 Å². The molecule has 0 bridgehead atoms. The van der Waals surface area contributed by atoms with E-state index < -0.39 is 65.8 Å². The summed E-state index contributed by atoms with van der Waals surface area (Å²) in [6.07, 6.45) is 0.414. The second-order valence-corrected chi connectivity index (χ2v) is 11.3. The predicted octanol–water partition coefficient (Wildman–Crippen LogP) is 0.535. The monoisotopic (exact) mass is 553 g/mol. The summed E-state index contributed by atoms with van der Waals surface area (Å²) in [6.45, 7) is 13.7. The second-order valence-electron chi connectivity index (χ2n) is 11.3. The molecule has 1 fully saturated rings. The van der Waals surface area contributed by atoms with Gasteiger partial charge >= 0.3 is 5.97 Å². The number of carbonyl (C=O) groups excluding carboxylic acids is 6. The Bertz CT molecular complexity index is 890. The lowest BCUT2D eigenvalue weighted by atomic mass is 9.99. The number of nitrogens with one attached hydrogen (secondary N) is 5. The zero-order chi connectivity index (χ0) is 29.9. The molecule has 0 aromatic heterocycles. The third kappa shape index (κ3) is 11.6. The van der Waals surface area contributed by atoms with Gasteiger partial charge in [0.1, 0.15) is 30.3 Å². The van der Waals surface area contributed by atoms with Gasteiger partial charge < -0.3 is 31.3 Å². The first-order valence-corrected chi connectivity index (χ1v) is 13.8.